The minimum atomic E-state index is 0.927. The minimum absolute atomic E-state index is 0.927. The molecule has 0 bridgehead atoms. The summed E-state index contributed by atoms with van der Waals surface area (Å²) >= 11 is 0. The van der Waals surface area contributed by atoms with E-state index in [-0.39, 0.29) is 0 Å². The van der Waals surface area contributed by atoms with Crippen molar-refractivity contribution in [1.29, 1.82) is 0 Å². The van der Waals surface area contributed by atoms with Crippen LogP contribution in [-0.4, -0.2) is 37.7 Å². The van der Waals surface area contributed by atoms with Gasteiger partial charge in [0.15, 0.2) is 0 Å². The van der Waals surface area contributed by atoms with Gasteiger partial charge in [-0.05, 0) is 43.7 Å². The molecule has 0 amide bonds. The molecule has 1 aliphatic rings. The molecular weight excluding hydrogens is 272 g/mol. The van der Waals surface area contributed by atoms with Gasteiger partial charge in [0.2, 0.25) is 0 Å². The van der Waals surface area contributed by atoms with Gasteiger partial charge in [0.05, 0.1) is 11.9 Å². The molecule has 0 radical (unpaired) electrons. The quantitative estimate of drug-likeness (QED) is 0.939. The van der Waals surface area contributed by atoms with E-state index in [1.165, 1.54) is 11.3 Å². The lowest BCUT2D eigenvalue weighted by Gasteiger charge is -2.36. The van der Waals surface area contributed by atoms with Gasteiger partial charge < -0.3 is 15.1 Å². The zero-order valence-corrected chi connectivity index (χ0v) is 13.4. The lowest BCUT2D eigenvalue weighted by molar-refractivity contribution is 0.647. The molecule has 2 aromatic rings. The van der Waals surface area contributed by atoms with E-state index in [0.29, 0.717) is 0 Å². The van der Waals surface area contributed by atoms with E-state index in [0.717, 1.165) is 44.2 Å². The number of aromatic nitrogens is 1. The topological polar surface area (TPSA) is 31.4 Å². The molecule has 0 saturated carbocycles. The van der Waals surface area contributed by atoms with E-state index in [2.05, 4.69) is 70.3 Å². The molecule has 4 heteroatoms. The first-order valence-electron chi connectivity index (χ1n) is 8.03. The summed E-state index contributed by atoms with van der Waals surface area (Å²) in [5.74, 6) is 1.07. The number of aryl methyl sites for hydroxylation is 1. The molecule has 3 rings (SSSR count). The van der Waals surface area contributed by atoms with Crippen LogP contribution in [0.5, 0.6) is 0 Å². The first-order chi connectivity index (χ1) is 10.8. The Morgan fingerprint density at radius 1 is 1.05 bits per heavy atom. The van der Waals surface area contributed by atoms with Gasteiger partial charge in [-0.3, -0.25) is 0 Å². The zero-order valence-electron chi connectivity index (χ0n) is 13.4. The highest BCUT2D eigenvalue weighted by Crippen LogP contribution is 2.20. The molecule has 0 spiro atoms. The lowest BCUT2D eigenvalue weighted by Crippen LogP contribution is -2.46. The van der Waals surface area contributed by atoms with E-state index in [1.54, 1.807) is 0 Å². The highest BCUT2D eigenvalue weighted by atomic mass is 15.3. The van der Waals surface area contributed by atoms with Gasteiger partial charge in [0.25, 0.3) is 0 Å². The summed E-state index contributed by atoms with van der Waals surface area (Å²) in [6.07, 6.45) is 1.92. The molecule has 1 saturated heterocycles. The molecule has 1 fully saturated rings. The molecule has 116 valence electrons. The SMILES string of the molecule is CCNc1ccc(N2CCN(c3cccc(C)c3)CC2)nc1. The van der Waals surface area contributed by atoms with Crippen LogP contribution in [0.15, 0.2) is 42.6 Å². The van der Waals surface area contributed by atoms with E-state index in [1.807, 2.05) is 6.20 Å². The van der Waals surface area contributed by atoms with E-state index >= 15 is 0 Å². The zero-order chi connectivity index (χ0) is 15.4. The number of hydrogen-bond acceptors (Lipinski definition) is 4. The van der Waals surface area contributed by atoms with Gasteiger partial charge in [-0.15, -0.1) is 0 Å². The van der Waals surface area contributed by atoms with E-state index < -0.39 is 0 Å². The summed E-state index contributed by atoms with van der Waals surface area (Å²) in [5, 5.41) is 3.28. The monoisotopic (exact) mass is 296 g/mol. The third kappa shape index (κ3) is 3.32. The highest BCUT2D eigenvalue weighted by molar-refractivity contribution is 5.52. The maximum atomic E-state index is 4.58. The van der Waals surface area contributed by atoms with Crippen molar-refractivity contribution in [3.8, 4) is 0 Å². The standard InChI is InChI=1S/C18H24N4/c1-3-19-16-7-8-18(20-14-16)22-11-9-21(10-12-22)17-6-4-5-15(2)13-17/h4-8,13-14,19H,3,9-12H2,1-2H3. The van der Waals surface area contributed by atoms with Crippen molar-refractivity contribution in [1.82, 2.24) is 4.98 Å². The molecule has 0 aliphatic carbocycles. The van der Waals surface area contributed by atoms with Crippen LogP contribution in [0.1, 0.15) is 12.5 Å². The van der Waals surface area contributed by atoms with Crippen LogP contribution < -0.4 is 15.1 Å². The summed E-state index contributed by atoms with van der Waals surface area (Å²) in [4.78, 5) is 9.40. The van der Waals surface area contributed by atoms with Crippen molar-refractivity contribution in [2.45, 2.75) is 13.8 Å². The number of hydrogen-bond donors (Lipinski definition) is 1. The molecule has 1 N–H and O–H groups in total. The van der Waals surface area contributed by atoms with Gasteiger partial charge in [-0.2, -0.15) is 0 Å². The summed E-state index contributed by atoms with van der Waals surface area (Å²) in [6, 6.07) is 13.0. The number of nitrogens with zero attached hydrogens (tertiary/aromatic N) is 3. The van der Waals surface area contributed by atoms with Crippen LogP contribution in [0.2, 0.25) is 0 Å². The molecule has 1 aromatic carbocycles. The molecule has 1 aromatic heterocycles. The van der Waals surface area contributed by atoms with E-state index in [9.17, 15) is 0 Å². The van der Waals surface area contributed by atoms with Crippen LogP contribution in [0.25, 0.3) is 0 Å². The Morgan fingerprint density at radius 2 is 1.82 bits per heavy atom. The third-order valence-electron chi connectivity index (χ3n) is 4.10. The van der Waals surface area contributed by atoms with Gasteiger partial charge in [-0.1, -0.05) is 12.1 Å². The Bertz CT molecular complexity index is 601. The second kappa shape index (κ2) is 6.69. The Balaban J connectivity index is 1.61. The first-order valence-corrected chi connectivity index (χ1v) is 8.03. The van der Waals surface area contributed by atoms with Gasteiger partial charge in [0, 0.05) is 38.4 Å². The number of rotatable bonds is 4. The largest absolute Gasteiger partial charge is 0.384 e. The van der Waals surface area contributed by atoms with Gasteiger partial charge in [-0.25, -0.2) is 4.98 Å². The molecule has 2 heterocycles. The van der Waals surface area contributed by atoms with Crippen LogP contribution in [-0.2, 0) is 0 Å². The van der Waals surface area contributed by atoms with Crippen molar-refractivity contribution in [3.63, 3.8) is 0 Å². The maximum absolute atomic E-state index is 4.58. The van der Waals surface area contributed by atoms with Crippen LogP contribution in [0.3, 0.4) is 0 Å². The Hall–Kier alpha value is -2.23. The van der Waals surface area contributed by atoms with Crippen molar-refractivity contribution < 1.29 is 0 Å². The van der Waals surface area contributed by atoms with E-state index in [4.69, 9.17) is 0 Å². The molecule has 0 atom stereocenters. The summed E-state index contributed by atoms with van der Waals surface area (Å²) < 4.78 is 0. The fourth-order valence-electron chi connectivity index (χ4n) is 2.90. The average molecular weight is 296 g/mol. The fourth-order valence-corrected chi connectivity index (χ4v) is 2.90. The fraction of sp³-hybridized carbons (Fsp3) is 0.389. The number of anilines is 3. The van der Waals surface area contributed by atoms with Crippen LogP contribution in [0.4, 0.5) is 17.2 Å². The highest BCUT2D eigenvalue weighted by Gasteiger charge is 2.18. The maximum Gasteiger partial charge on any atom is 0.128 e. The first kappa shape index (κ1) is 14.7. The predicted molar refractivity (Wildman–Crippen MR) is 94.0 cm³/mol. The lowest BCUT2D eigenvalue weighted by atomic mass is 10.2. The van der Waals surface area contributed by atoms with Gasteiger partial charge >= 0.3 is 0 Å². The number of piperazine rings is 1. The second-order valence-electron chi connectivity index (χ2n) is 5.75. The molecule has 1 aliphatic heterocycles. The summed E-state index contributed by atoms with van der Waals surface area (Å²) in [7, 11) is 0. The van der Waals surface area contributed by atoms with Crippen molar-refractivity contribution >= 4 is 17.2 Å². The molecule has 22 heavy (non-hydrogen) atoms. The number of nitrogens with one attached hydrogen (secondary N) is 1. The normalized spacial score (nSPS) is 15.0. The smallest absolute Gasteiger partial charge is 0.128 e. The third-order valence-corrected chi connectivity index (χ3v) is 4.10. The second-order valence-corrected chi connectivity index (χ2v) is 5.75. The number of benzene rings is 1. The Kier molecular flexibility index (Phi) is 4.47. The minimum Gasteiger partial charge on any atom is -0.384 e. The van der Waals surface area contributed by atoms with Crippen molar-refractivity contribution in [3.05, 3.63) is 48.2 Å². The van der Waals surface area contributed by atoms with Crippen molar-refractivity contribution in [2.75, 3.05) is 47.8 Å². The van der Waals surface area contributed by atoms with Gasteiger partial charge in [0.1, 0.15) is 5.82 Å². The molecule has 4 nitrogen and oxygen atoms in total. The van der Waals surface area contributed by atoms with Crippen LogP contribution >= 0.6 is 0 Å². The van der Waals surface area contributed by atoms with Crippen molar-refractivity contribution in [2.24, 2.45) is 0 Å². The predicted octanol–water partition coefficient (Wildman–Crippen LogP) is 3.15. The molecule has 0 unspecified atom stereocenters. The molecular formula is C18H24N4. The summed E-state index contributed by atoms with van der Waals surface area (Å²) in [6.45, 7) is 9.29. The Morgan fingerprint density at radius 3 is 2.45 bits per heavy atom. The number of pyridine rings is 1. The average Bonchev–Trinajstić information content (AvgIpc) is 2.56. The summed E-state index contributed by atoms with van der Waals surface area (Å²) in [5.41, 5.74) is 3.74. The Labute approximate surface area is 132 Å². The van der Waals surface area contributed by atoms with Crippen LogP contribution in [0, 0.1) is 6.92 Å².